The van der Waals surface area contributed by atoms with Crippen LogP contribution in [0, 0.1) is 6.92 Å². The van der Waals surface area contributed by atoms with Crippen LogP contribution in [-0.2, 0) is 5.41 Å². The van der Waals surface area contributed by atoms with E-state index in [1.54, 1.807) is 0 Å². The Morgan fingerprint density at radius 1 is 0.732 bits per heavy atom. The second-order valence-electron chi connectivity index (χ2n) is 13.8. The predicted molar refractivity (Wildman–Crippen MR) is 170 cm³/mol. The van der Waals surface area contributed by atoms with Crippen molar-refractivity contribution in [1.29, 1.82) is 0 Å². The molecule has 0 fully saturated rings. The molecule has 3 heterocycles. The van der Waals surface area contributed by atoms with Crippen LogP contribution < -0.4 is 10.3 Å². The highest BCUT2D eigenvalue weighted by Crippen LogP contribution is 2.53. The number of aryl methyl sites for hydroxylation is 1. The van der Waals surface area contributed by atoms with Gasteiger partial charge in [0.2, 0.25) is 0 Å². The normalized spacial score (nSPS) is 13.8. The fourth-order valence-corrected chi connectivity index (χ4v) is 7.32. The summed E-state index contributed by atoms with van der Waals surface area (Å²) in [5, 5.41) is 13.3. The molecule has 9 rings (SSSR count). The van der Waals surface area contributed by atoms with Gasteiger partial charge in [0, 0.05) is 27.3 Å². The van der Waals surface area contributed by atoms with Crippen LogP contribution in [0.2, 0.25) is 0 Å². The van der Waals surface area contributed by atoms with Crippen molar-refractivity contribution >= 4 is 81.3 Å². The monoisotopic (exact) mass is 535 g/mol. The summed E-state index contributed by atoms with van der Waals surface area (Å²) in [6.07, 6.45) is 1.81. The average Bonchev–Trinajstić information content (AvgIpc) is 3.54. The molecule has 9 aromatic rings. The zero-order valence-electron chi connectivity index (χ0n) is 24.3. The van der Waals surface area contributed by atoms with Gasteiger partial charge in [-0.25, -0.2) is 4.98 Å². The van der Waals surface area contributed by atoms with Gasteiger partial charge in [-0.3, -0.25) is 14.2 Å². The van der Waals surface area contributed by atoms with E-state index in [9.17, 15) is 4.79 Å². The Balaban J connectivity index is 1.61. The first-order chi connectivity index (χ1) is 19.4. The van der Waals surface area contributed by atoms with Gasteiger partial charge in [0.15, 0.2) is 0 Å². The summed E-state index contributed by atoms with van der Waals surface area (Å²) in [6, 6.07) is 15.3. The fourth-order valence-electron chi connectivity index (χ4n) is 7.32. The van der Waals surface area contributed by atoms with Gasteiger partial charge >= 0.3 is 0 Å². The minimum Gasteiger partial charge on any atom is -0.487 e. The zero-order valence-corrected chi connectivity index (χ0v) is 24.3. The lowest BCUT2D eigenvalue weighted by molar-refractivity contribution is 0.133. The van der Waals surface area contributed by atoms with Gasteiger partial charge in [0.25, 0.3) is 5.56 Å². The standard InChI is InChI=1S/C36H29N3O2/c1-16-12-20-29-27-18(16)10-8-17-9-11-19-24(41-36(5,6)7)13-21(30(29)28(19)26(17)27)31-32(20)34(40)39-23-14-25(35(2,3)4)37-15-22(23)38-33(31)39/h8-15H,1-7H3. The first-order valence-corrected chi connectivity index (χ1v) is 14.3. The highest BCUT2D eigenvalue weighted by molar-refractivity contribution is 6.49. The third-order valence-electron chi connectivity index (χ3n) is 8.96. The van der Waals surface area contributed by atoms with E-state index in [4.69, 9.17) is 14.7 Å². The molecule has 0 bridgehead atoms. The van der Waals surface area contributed by atoms with Crippen LogP contribution in [0.15, 0.2) is 53.5 Å². The first-order valence-electron chi connectivity index (χ1n) is 14.3. The first kappa shape index (κ1) is 23.2. The maximum absolute atomic E-state index is 14.6. The number of pyridine rings is 1. The summed E-state index contributed by atoms with van der Waals surface area (Å²) in [5.74, 6) is 0.837. The third kappa shape index (κ3) is 2.70. The van der Waals surface area contributed by atoms with E-state index in [2.05, 4.69) is 84.9 Å². The molecule has 5 heteroatoms. The van der Waals surface area contributed by atoms with Crippen LogP contribution in [0.1, 0.15) is 52.8 Å². The molecule has 41 heavy (non-hydrogen) atoms. The molecule has 0 saturated carbocycles. The molecule has 0 aliphatic carbocycles. The van der Waals surface area contributed by atoms with Crippen LogP contribution in [0.25, 0.3) is 81.3 Å². The topological polar surface area (TPSA) is 56.5 Å². The molecule has 0 spiro atoms. The van der Waals surface area contributed by atoms with Crippen LogP contribution in [-0.4, -0.2) is 20.0 Å². The number of nitrogens with zero attached hydrogens (tertiary/aromatic N) is 3. The number of benzene rings is 5. The number of hydrogen-bond acceptors (Lipinski definition) is 4. The minimum absolute atomic E-state index is 0.0225. The van der Waals surface area contributed by atoms with Gasteiger partial charge in [-0.15, -0.1) is 0 Å². The SMILES string of the molecule is Cc1cc2c3c(=O)n4c5cc(C(C)(C)C)ncc5nc4c3c3cc(OC(C)(C)C)c4ccc5ccc1c1c5c4c3c21. The van der Waals surface area contributed by atoms with Gasteiger partial charge in [0.05, 0.1) is 17.1 Å². The Morgan fingerprint density at radius 3 is 2.10 bits per heavy atom. The smallest absolute Gasteiger partial charge is 0.265 e. The molecule has 0 radical (unpaired) electrons. The molecular weight excluding hydrogens is 506 g/mol. The summed E-state index contributed by atoms with van der Waals surface area (Å²) in [6.45, 7) is 14.8. The second kappa shape index (κ2) is 6.85. The molecule has 3 aromatic heterocycles. The van der Waals surface area contributed by atoms with E-state index in [-0.39, 0.29) is 16.6 Å². The van der Waals surface area contributed by atoms with Crippen LogP contribution in [0.3, 0.4) is 0 Å². The van der Waals surface area contributed by atoms with E-state index >= 15 is 0 Å². The highest BCUT2D eigenvalue weighted by atomic mass is 16.5. The molecule has 0 aliphatic heterocycles. The van der Waals surface area contributed by atoms with Gasteiger partial charge < -0.3 is 4.74 Å². The molecule has 0 unspecified atom stereocenters. The van der Waals surface area contributed by atoms with Crippen molar-refractivity contribution in [2.45, 2.75) is 59.5 Å². The van der Waals surface area contributed by atoms with E-state index in [1.165, 1.54) is 43.3 Å². The lowest BCUT2D eigenvalue weighted by Gasteiger charge is -2.23. The lowest BCUT2D eigenvalue weighted by atomic mass is 9.91. The van der Waals surface area contributed by atoms with Crippen molar-refractivity contribution in [3.63, 3.8) is 0 Å². The number of aromatic nitrogens is 3. The summed E-state index contributed by atoms with van der Waals surface area (Å²) in [5.41, 5.74) is 3.80. The lowest BCUT2D eigenvalue weighted by Crippen LogP contribution is -2.23. The maximum Gasteiger partial charge on any atom is 0.265 e. The van der Waals surface area contributed by atoms with Crippen LogP contribution in [0.4, 0.5) is 0 Å². The van der Waals surface area contributed by atoms with Gasteiger partial charge in [-0.05, 0) is 101 Å². The zero-order chi connectivity index (χ0) is 28.3. The Morgan fingerprint density at radius 2 is 1.39 bits per heavy atom. The van der Waals surface area contributed by atoms with Crippen molar-refractivity contribution in [2.75, 3.05) is 0 Å². The summed E-state index contributed by atoms with van der Waals surface area (Å²) < 4.78 is 8.46. The highest BCUT2D eigenvalue weighted by Gasteiger charge is 2.30. The molecule has 0 aliphatic rings. The molecule has 200 valence electrons. The molecular formula is C36H29N3O2. The van der Waals surface area contributed by atoms with E-state index in [1.807, 2.05) is 16.7 Å². The number of fused-ring (bicyclic) bond motifs is 7. The number of rotatable bonds is 1. The van der Waals surface area contributed by atoms with Gasteiger partial charge in [-0.2, -0.15) is 0 Å². The van der Waals surface area contributed by atoms with Crippen molar-refractivity contribution in [1.82, 2.24) is 14.4 Å². The second-order valence-corrected chi connectivity index (χ2v) is 13.8. The molecule has 6 aromatic carbocycles. The average molecular weight is 536 g/mol. The van der Waals surface area contributed by atoms with Crippen molar-refractivity contribution < 1.29 is 4.74 Å². The molecule has 0 atom stereocenters. The maximum atomic E-state index is 14.6. The fraction of sp³-hybridized carbons (Fsp3) is 0.250. The third-order valence-corrected chi connectivity index (χ3v) is 8.96. The van der Waals surface area contributed by atoms with Crippen molar-refractivity contribution in [3.8, 4) is 5.75 Å². The predicted octanol–water partition coefficient (Wildman–Crippen LogP) is 8.70. The molecule has 5 nitrogen and oxygen atoms in total. The van der Waals surface area contributed by atoms with Crippen LogP contribution in [0.5, 0.6) is 5.75 Å². The van der Waals surface area contributed by atoms with Crippen molar-refractivity contribution in [2.24, 2.45) is 0 Å². The quantitative estimate of drug-likeness (QED) is 0.197. The van der Waals surface area contributed by atoms with Crippen molar-refractivity contribution in [3.05, 3.63) is 70.3 Å². The largest absolute Gasteiger partial charge is 0.487 e. The Labute approximate surface area is 235 Å². The Bertz CT molecular complexity index is 2600. The van der Waals surface area contributed by atoms with E-state index < -0.39 is 0 Å². The summed E-state index contributed by atoms with van der Waals surface area (Å²) in [7, 11) is 0. The number of ether oxygens (including phenoxy) is 1. The molecule has 0 N–H and O–H groups in total. The molecule has 0 amide bonds. The number of imidazole rings is 1. The minimum atomic E-state index is -0.385. The van der Waals surface area contributed by atoms with Gasteiger partial charge in [-0.1, -0.05) is 39.0 Å². The number of hydrogen-bond donors (Lipinski definition) is 0. The Kier molecular flexibility index (Phi) is 3.88. The summed E-state index contributed by atoms with van der Waals surface area (Å²) in [4.78, 5) is 24.3. The van der Waals surface area contributed by atoms with E-state index in [0.29, 0.717) is 5.65 Å². The molecule has 0 saturated heterocycles. The Hall–Kier alpha value is -4.51. The van der Waals surface area contributed by atoms with Gasteiger partial charge in [0.1, 0.15) is 22.5 Å². The summed E-state index contributed by atoms with van der Waals surface area (Å²) >= 11 is 0. The van der Waals surface area contributed by atoms with E-state index in [0.717, 1.165) is 49.4 Å². The van der Waals surface area contributed by atoms with Crippen LogP contribution >= 0.6 is 0 Å².